The first-order chi connectivity index (χ1) is 14.3. The average molecular weight is 436 g/mol. The molecule has 2 fully saturated rings. The van der Waals surface area contributed by atoms with E-state index in [2.05, 4.69) is 11.7 Å². The molecule has 1 aromatic rings. The second kappa shape index (κ2) is 10.7. The molecule has 0 N–H and O–H groups in total. The Morgan fingerprint density at radius 3 is 2.17 bits per heavy atom. The van der Waals surface area contributed by atoms with Gasteiger partial charge in [-0.05, 0) is 31.4 Å². The van der Waals surface area contributed by atoms with Crippen molar-refractivity contribution in [3.05, 3.63) is 29.6 Å². The Morgan fingerprint density at radius 1 is 0.933 bits per heavy atom. The van der Waals surface area contributed by atoms with Gasteiger partial charge >= 0.3 is 6.36 Å². The number of rotatable bonds is 8. The number of ether oxygens (including phenoxy) is 5. The molecule has 0 radical (unpaired) electrons. The van der Waals surface area contributed by atoms with Crippen molar-refractivity contribution in [2.75, 3.05) is 26.4 Å². The average Bonchev–Trinajstić information content (AvgIpc) is 2.72. The van der Waals surface area contributed by atoms with Crippen molar-refractivity contribution in [2.24, 2.45) is 11.8 Å². The highest BCUT2D eigenvalue weighted by atomic mass is 19.4. The molecule has 30 heavy (non-hydrogen) atoms. The van der Waals surface area contributed by atoms with Gasteiger partial charge in [0, 0.05) is 17.4 Å². The molecule has 0 atom stereocenters. The molecule has 0 unspecified atom stereocenters. The first kappa shape index (κ1) is 23.2. The molecule has 0 saturated carbocycles. The van der Waals surface area contributed by atoms with Gasteiger partial charge in [0.2, 0.25) is 0 Å². The lowest BCUT2D eigenvalue weighted by atomic mass is 10.0. The third kappa shape index (κ3) is 7.08. The van der Waals surface area contributed by atoms with E-state index in [9.17, 15) is 17.6 Å². The van der Waals surface area contributed by atoms with Crippen LogP contribution in [-0.2, 0) is 18.9 Å². The standard InChI is InChI=1S/C21H28F4O5/c1-2-3-4-14-10-26-19(27-11-14)8-5-15-12-28-20(29-13-15)16-6-7-18(17(22)9-16)30-21(23,24)25/h6-7,9,14-15,19-20H,2-5,8,10-13H2,1H3/t14-,15-,19-,20-. The number of unbranched alkanes of at least 4 members (excludes halogenated alkanes) is 1. The lowest BCUT2D eigenvalue weighted by molar-refractivity contribution is -0.275. The summed E-state index contributed by atoms with van der Waals surface area (Å²) in [5.41, 5.74) is 0.303. The first-order valence-corrected chi connectivity index (χ1v) is 10.4. The summed E-state index contributed by atoms with van der Waals surface area (Å²) in [4.78, 5) is 0. The van der Waals surface area contributed by atoms with E-state index in [0.29, 0.717) is 24.7 Å². The van der Waals surface area contributed by atoms with Gasteiger partial charge in [0.15, 0.2) is 24.1 Å². The maximum absolute atomic E-state index is 13.9. The molecule has 1 aromatic carbocycles. The summed E-state index contributed by atoms with van der Waals surface area (Å²) in [5.74, 6) is -1.40. The van der Waals surface area contributed by atoms with E-state index in [4.69, 9.17) is 18.9 Å². The molecule has 170 valence electrons. The summed E-state index contributed by atoms with van der Waals surface area (Å²) < 4.78 is 77.1. The quantitative estimate of drug-likeness (QED) is 0.515. The summed E-state index contributed by atoms with van der Waals surface area (Å²) in [6, 6.07) is 3.15. The fourth-order valence-corrected chi connectivity index (χ4v) is 3.55. The smallest absolute Gasteiger partial charge is 0.403 e. The molecule has 2 saturated heterocycles. The minimum atomic E-state index is -4.95. The summed E-state index contributed by atoms with van der Waals surface area (Å²) in [6.45, 7) is 4.42. The second-order valence-electron chi connectivity index (χ2n) is 7.78. The zero-order valence-electron chi connectivity index (χ0n) is 17.0. The molecule has 3 rings (SSSR count). The third-order valence-electron chi connectivity index (χ3n) is 5.23. The fourth-order valence-electron chi connectivity index (χ4n) is 3.55. The van der Waals surface area contributed by atoms with Crippen LogP contribution in [0.25, 0.3) is 0 Å². The van der Waals surface area contributed by atoms with Crippen molar-refractivity contribution in [3.63, 3.8) is 0 Å². The van der Waals surface area contributed by atoms with E-state index < -0.39 is 24.2 Å². The van der Waals surface area contributed by atoms with E-state index in [1.54, 1.807) is 0 Å². The highest BCUT2D eigenvalue weighted by Gasteiger charge is 2.33. The van der Waals surface area contributed by atoms with Crippen LogP contribution in [0.3, 0.4) is 0 Å². The molecule has 0 aromatic heterocycles. The van der Waals surface area contributed by atoms with Crippen molar-refractivity contribution in [2.45, 2.75) is 58.0 Å². The Balaban J connectivity index is 1.38. The summed E-state index contributed by atoms with van der Waals surface area (Å²) in [5, 5.41) is 0. The molecule has 0 spiro atoms. The Labute approximate surface area is 173 Å². The lowest BCUT2D eigenvalue weighted by Crippen LogP contribution is -2.33. The molecule has 5 nitrogen and oxygen atoms in total. The summed E-state index contributed by atoms with van der Waals surface area (Å²) >= 11 is 0. The predicted octanol–water partition coefficient (Wildman–Crippen LogP) is 5.35. The largest absolute Gasteiger partial charge is 0.573 e. The molecule has 9 heteroatoms. The maximum atomic E-state index is 13.9. The molecule has 2 aliphatic heterocycles. The highest BCUT2D eigenvalue weighted by molar-refractivity contribution is 5.30. The fraction of sp³-hybridized carbons (Fsp3) is 0.714. The van der Waals surface area contributed by atoms with Gasteiger partial charge in [-0.25, -0.2) is 4.39 Å². The molecular weight excluding hydrogens is 408 g/mol. The van der Waals surface area contributed by atoms with Gasteiger partial charge in [0.1, 0.15) is 0 Å². The van der Waals surface area contributed by atoms with Crippen molar-refractivity contribution in [1.82, 2.24) is 0 Å². The molecule has 2 heterocycles. The minimum Gasteiger partial charge on any atom is -0.403 e. The molecule has 0 aliphatic carbocycles. The normalized spacial score (nSPS) is 27.8. The van der Waals surface area contributed by atoms with E-state index in [1.165, 1.54) is 18.9 Å². The second-order valence-corrected chi connectivity index (χ2v) is 7.78. The highest BCUT2D eigenvalue weighted by Crippen LogP contribution is 2.32. The van der Waals surface area contributed by atoms with Gasteiger partial charge < -0.3 is 23.7 Å². The van der Waals surface area contributed by atoms with E-state index in [0.717, 1.165) is 44.6 Å². The maximum Gasteiger partial charge on any atom is 0.573 e. The number of hydrogen-bond donors (Lipinski definition) is 0. The number of benzene rings is 1. The van der Waals surface area contributed by atoms with Crippen LogP contribution in [0.5, 0.6) is 5.75 Å². The van der Waals surface area contributed by atoms with Crippen LogP contribution in [0.2, 0.25) is 0 Å². The molecule has 0 bridgehead atoms. The van der Waals surface area contributed by atoms with Crippen molar-refractivity contribution >= 4 is 0 Å². The molecule has 2 aliphatic rings. The van der Waals surface area contributed by atoms with E-state index >= 15 is 0 Å². The van der Waals surface area contributed by atoms with Crippen LogP contribution in [-0.4, -0.2) is 39.1 Å². The Bertz CT molecular complexity index is 653. The molecular formula is C21H28F4O5. The first-order valence-electron chi connectivity index (χ1n) is 10.4. The van der Waals surface area contributed by atoms with Crippen LogP contribution in [0.15, 0.2) is 18.2 Å². The minimum absolute atomic E-state index is 0.143. The van der Waals surface area contributed by atoms with Crippen LogP contribution < -0.4 is 4.74 Å². The van der Waals surface area contributed by atoms with Gasteiger partial charge in [-0.3, -0.25) is 0 Å². The van der Waals surface area contributed by atoms with Crippen LogP contribution in [0.1, 0.15) is 50.9 Å². The lowest BCUT2D eigenvalue weighted by Gasteiger charge is -2.32. The predicted molar refractivity (Wildman–Crippen MR) is 99.2 cm³/mol. The van der Waals surface area contributed by atoms with E-state index in [1.807, 2.05) is 0 Å². The Morgan fingerprint density at radius 2 is 1.57 bits per heavy atom. The number of alkyl halides is 3. The number of halogens is 4. The SMILES string of the molecule is CCCC[C@H]1CO[C@H](CC[C@H]2CO[C@H](c3ccc(OC(F)(F)F)c(F)c3)OC2)OC1. The van der Waals surface area contributed by atoms with Gasteiger partial charge in [-0.2, -0.15) is 0 Å². The van der Waals surface area contributed by atoms with Crippen LogP contribution >= 0.6 is 0 Å². The van der Waals surface area contributed by atoms with Crippen molar-refractivity contribution < 1.29 is 41.2 Å². The molecule has 0 amide bonds. The number of hydrogen-bond acceptors (Lipinski definition) is 5. The summed E-state index contributed by atoms with van der Waals surface area (Å²) in [7, 11) is 0. The van der Waals surface area contributed by atoms with Crippen molar-refractivity contribution in [1.29, 1.82) is 0 Å². The monoisotopic (exact) mass is 436 g/mol. The van der Waals surface area contributed by atoms with Gasteiger partial charge in [0.25, 0.3) is 0 Å². The van der Waals surface area contributed by atoms with E-state index in [-0.39, 0.29) is 12.2 Å². The van der Waals surface area contributed by atoms with Gasteiger partial charge in [0.05, 0.1) is 26.4 Å². The van der Waals surface area contributed by atoms with Gasteiger partial charge in [-0.15, -0.1) is 13.2 Å². The van der Waals surface area contributed by atoms with Crippen molar-refractivity contribution in [3.8, 4) is 5.75 Å². The van der Waals surface area contributed by atoms with Crippen LogP contribution in [0, 0.1) is 17.7 Å². The zero-order chi connectivity index (χ0) is 21.6. The Hall–Kier alpha value is -1.42. The van der Waals surface area contributed by atoms with Gasteiger partial charge in [-0.1, -0.05) is 25.8 Å². The summed E-state index contributed by atoms with van der Waals surface area (Å²) in [6.07, 6.45) is -0.977. The zero-order valence-corrected chi connectivity index (χ0v) is 17.0. The van der Waals surface area contributed by atoms with Crippen LogP contribution in [0.4, 0.5) is 17.6 Å². The topological polar surface area (TPSA) is 46.2 Å². The Kier molecular flexibility index (Phi) is 8.33. The third-order valence-corrected chi connectivity index (χ3v) is 5.23.